The van der Waals surface area contributed by atoms with Crippen LogP contribution in [0.2, 0.25) is 0 Å². The van der Waals surface area contributed by atoms with Gasteiger partial charge in [-0.05, 0) is 6.42 Å². The molecule has 1 rings (SSSR count). The molecule has 0 unspecified atom stereocenters. The predicted octanol–water partition coefficient (Wildman–Crippen LogP) is 2.77. The molecule has 0 aliphatic carbocycles. The molecular formula is C11H22O4. The Hall–Kier alpha value is -0.610. The van der Waals surface area contributed by atoms with E-state index >= 15 is 0 Å². The molecule has 1 saturated heterocycles. The van der Waals surface area contributed by atoms with Gasteiger partial charge in [0, 0.05) is 12.8 Å². The van der Waals surface area contributed by atoms with Crippen molar-refractivity contribution in [2.24, 2.45) is 0 Å². The van der Waals surface area contributed by atoms with E-state index < -0.39 is 5.97 Å². The number of hydrogen-bond acceptors (Lipinski definition) is 3. The summed E-state index contributed by atoms with van der Waals surface area (Å²) < 4.78 is 0. The Labute approximate surface area is 91.5 Å². The summed E-state index contributed by atoms with van der Waals surface area (Å²) in [7, 11) is 0. The van der Waals surface area contributed by atoms with Gasteiger partial charge < -0.3 is 5.11 Å². The number of carboxylic acid groups (broad SMARTS) is 1. The molecule has 0 radical (unpaired) electrons. The third-order valence-corrected chi connectivity index (χ3v) is 2.03. The SMILES string of the molecule is C1COOC1.CCCCCCCC(=O)O. The van der Waals surface area contributed by atoms with Crippen LogP contribution >= 0.6 is 0 Å². The molecule has 1 aliphatic rings. The Morgan fingerprint density at radius 2 is 1.73 bits per heavy atom. The predicted molar refractivity (Wildman–Crippen MR) is 57.5 cm³/mol. The van der Waals surface area contributed by atoms with E-state index in [-0.39, 0.29) is 0 Å². The third-order valence-electron chi connectivity index (χ3n) is 2.03. The first-order valence-electron chi connectivity index (χ1n) is 5.73. The van der Waals surface area contributed by atoms with Crippen LogP contribution in [0, 0.1) is 0 Å². The third kappa shape index (κ3) is 13.4. The summed E-state index contributed by atoms with van der Waals surface area (Å²) in [5.41, 5.74) is 0. The normalized spacial score (nSPS) is 14.5. The maximum atomic E-state index is 10.0. The smallest absolute Gasteiger partial charge is 0.303 e. The Morgan fingerprint density at radius 1 is 1.13 bits per heavy atom. The maximum absolute atomic E-state index is 10.0. The van der Waals surface area contributed by atoms with Gasteiger partial charge in [-0.2, -0.15) is 0 Å². The lowest BCUT2D eigenvalue weighted by atomic mass is 10.1. The van der Waals surface area contributed by atoms with Crippen molar-refractivity contribution in [3.63, 3.8) is 0 Å². The minimum atomic E-state index is -0.670. The van der Waals surface area contributed by atoms with Crippen LogP contribution in [-0.2, 0) is 14.6 Å². The Kier molecular flexibility index (Phi) is 11.0. The average Bonchev–Trinajstić information content (AvgIpc) is 2.75. The van der Waals surface area contributed by atoms with Gasteiger partial charge in [0.2, 0.25) is 0 Å². The van der Waals surface area contributed by atoms with Gasteiger partial charge in [-0.1, -0.05) is 32.6 Å². The highest BCUT2D eigenvalue weighted by Gasteiger charge is 1.96. The van der Waals surface area contributed by atoms with Crippen LogP contribution in [0.5, 0.6) is 0 Å². The van der Waals surface area contributed by atoms with E-state index in [9.17, 15) is 4.79 Å². The van der Waals surface area contributed by atoms with E-state index in [1.165, 1.54) is 19.3 Å². The zero-order valence-corrected chi connectivity index (χ0v) is 9.54. The summed E-state index contributed by atoms with van der Waals surface area (Å²) in [5.74, 6) is -0.670. The Balaban J connectivity index is 0.000000322. The molecule has 0 saturated carbocycles. The Morgan fingerprint density at radius 3 is 2.13 bits per heavy atom. The van der Waals surface area contributed by atoms with Crippen molar-refractivity contribution < 1.29 is 19.7 Å². The van der Waals surface area contributed by atoms with Crippen molar-refractivity contribution in [3.8, 4) is 0 Å². The highest BCUT2D eigenvalue weighted by Crippen LogP contribution is 2.04. The van der Waals surface area contributed by atoms with Crippen molar-refractivity contribution >= 4 is 5.97 Å². The first-order chi connectivity index (χ1) is 7.27. The summed E-state index contributed by atoms with van der Waals surface area (Å²) in [4.78, 5) is 18.9. The van der Waals surface area contributed by atoms with Crippen molar-refractivity contribution in [3.05, 3.63) is 0 Å². The van der Waals surface area contributed by atoms with Crippen LogP contribution in [0.25, 0.3) is 0 Å². The highest BCUT2D eigenvalue weighted by molar-refractivity contribution is 5.66. The lowest BCUT2D eigenvalue weighted by Gasteiger charge is -1.95. The first-order valence-corrected chi connectivity index (χ1v) is 5.73. The van der Waals surface area contributed by atoms with Crippen LogP contribution in [0.15, 0.2) is 0 Å². The van der Waals surface area contributed by atoms with Gasteiger partial charge in [0.05, 0.1) is 13.2 Å². The molecule has 0 amide bonds. The van der Waals surface area contributed by atoms with Gasteiger partial charge in [-0.25, -0.2) is 9.78 Å². The van der Waals surface area contributed by atoms with Crippen LogP contribution in [-0.4, -0.2) is 24.3 Å². The summed E-state index contributed by atoms with van der Waals surface area (Å²) in [6, 6.07) is 0. The molecule has 15 heavy (non-hydrogen) atoms. The second-order valence-electron chi connectivity index (χ2n) is 3.56. The fourth-order valence-corrected chi connectivity index (χ4v) is 1.17. The number of rotatable bonds is 6. The molecule has 0 aromatic rings. The largest absolute Gasteiger partial charge is 0.481 e. The fourth-order valence-electron chi connectivity index (χ4n) is 1.17. The number of aliphatic carboxylic acids is 1. The standard InChI is InChI=1S/C8H16O2.C3H6O2/c1-2-3-4-5-6-7-8(9)10;1-2-4-5-3-1/h2-7H2,1H3,(H,9,10);1-3H2. The molecule has 0 aromatic carbocycles. The molecule has 0 spiro atoms. The molecule has 1 heterocycles. The van der Waals surface area contributed by atoms with Crippen molar-refractivity contribution in [2.75, 3.05) is 13.2 Å². The summed E-state index contributed by atoms with van der Waals surface area (Å²) in [6.45, 7) is 3.71. The molecule has 4 heteroatoms. The minimum absolute atomic E-state index is 0.337. The Bertz CT molecular complexity index is 136. The van der Waals surface area contributed by atoms with Gasteiger partial charge in [-0.3, -0.25) is 4.79 Å². The number of carboxylic acids is 1. The lowest BCUT2D eigenvalue weighted by molar-refractivity contribution is -0.248. The van der Waals surface area contributed by atoms with Crippen LogP contribution in [0.4, 0.5) is 0 Å². The average molecular weight is 218 g/mol. The topological polar surface area (TPSA) is 55.8 Å². The quantitative estimate of drug-likeness (QED) is 0.550. The summed E-state index contributed by atoms with van der Waals surface area (Å²) in [6.07, 6.45) is 6.94. The van der Waals surface area contributed by atoms with Crippen molar-refractivity contribution in [1.82, 2.24) is 0 Å². The van der Waals surface area contributed by atoms with E-state index in [2.05, 4.69) is 16.7 Å². The summed E-state index contributed by atoms with van der Waals surface area (Å²) in [5, 5.41) is 8.27. The molecular weight excluding hydrogens is 196 g/mol. The van der Waals surface area contributed by atoms with E-state index in [0.717, 1.165) is 32.5 Å². The van der Waals surface area contributed by atoms with Crippen LogP contribution in [0.3, 0.4) is 0 Å². The van der Waals surface area contributed by atoms with Gasteiger partial charge in [0.15, 0.2) is 0 Å². The monoisotopic (exact) mass is 218 g/mol. The van der Waals surface area contributed by atoms with Gasteiger partial charge in [0.25, 0.3) is 0 Å². The summed E-state index contributed by atoms with van der Waals surface area (Å²) >= 11 is 0. The van der Waals surface area contributed by atoms with Gasteiger partial charge >= 0.3 is 5.97 Å². The molecule has 1 fully saturated rings. The zero-order valence-electron chi connectivity index (χ0n) is 9.54. The van der Waals surface area contributed by atoms with Crippen LogP contribution < -0.4 is 0 Å². The maximum Gasteiger partial charge on any atom is 0.303 e. The second kappa shape index (κ2) is 11.5. The number of hydrogen-bond donors (Lipinski definition) is 1. The van der Waals surface area contributed by atoms with E-state index in [4.69, 9.17) is 5.11 Å². The lowest BCUT2D eigenvalue weighted by Crippen LogP contribution is -1.93. The first kappa shape index (κ1) is 14.4. The molecule has 1 aliphatic heterocycles. The molecule has 0 aromatic heterocycles. The molecule has 0 bridgehead atoms. The molecule has 1 N–H and O–H groups in total. The van der Waals surface area contributed by atoms with Crippen LogP contribution in [0.1, 0.15) is 51.9 Å². The highest BCUT2D eigenvalue weighted by atomic mass is 17.2. The van der Waals surface area contributed by atoms with Crippen molar-refractivity contribution in [1.29, 1.82) is 0 Å². The van der Waals surface area contributed by atoms with E-state index in [1.807, 2.05) is 0 Å². The van der Waals surface area contributed by atoms with Crippen molar-refractivity contribution in [2.45, 2.75) is 51.9 Å². The molecule has 0 atom stereocenters. The number of carbonyl (C=O) groups is 1. The van der Waals surface area contributed by atoms with E-state index in [0.29, 0.717) is 6.42 Å². The number of unbranched alkanes of at least 4 members (excludes halogenated alkanes) is 4. The minimum Gasteiger partial charge on any atom is -0.481 e. The van der Waals surface area contributed by atoms with Gasteiger partial charge in [0.1, 0.15) is 0 Å². The van der Waals surface area contributed by atoms with E-state index in [1.54, 1.807) is 0 Å². The van der Waals surface area contributed by atoms with Gasteiger partial charge in [-0.15, -0.1) is 0 Å². The second-order valence-corrected chi connectivity index (χ2v) is 3.56. The fraction of sp³-hybridized carbons (Fsp3) is 0.909. The zero-order chi connectivity index (χ0) is 11.4. The molecule has 90 valence electrons. The molecule has 4 nitrogen and oxygen atoms in total.